The number of rotatable bonds is 9. The fraction of sp³-hybridized carbons (Fsp3) is 0.222. The number of carbonyl (C=O) groups is 1. The molecule has 7 nitrogen and oxygen atoms in total. The molecule has 3 aromatic rings. The van der Waals surface area contributed by atoms with Gasteiger partial charge in [-0.2, -0.15) is 0 Å². The van der Waals surface area contributed by atoms with Gasteiger partial charge in [0.25, 0.3) is 15.9 Å². The van der Waals surface area contributed by atoms with Gasteiger partial charge < -0.3 is 9.64 Å². The van der Waals surface area contributed by atoms with Crippen LogP contribution in [0.2, 0.25) is 5.02 Å². The summed E-state index contributed by atoms with van der Waals surface area (Å²) in [5, 5.41) is 0.520. The summed E-state index contributed by atoms with van der Waals surface area (Å²) in [6.45, 7) is 3.65. The van der Waals surface area contributed by atoms with Crippen molar-refractivity contribution >= 4 is 39.3 Å². The standard InChI is InChI=1S/C27H28ClN3O4S/c28-23-8-10-24(11-9-23)29-36(33,34)26-14-12-25(13-15-26)35-21-27(32)31-19-17-30(18-20-31)16-4-7-22-5-2-1-3-6-22/h1-15,29H,16-21H2/b7-4+. The number of amides is 1. The number of ether oxygens (including phenoxy) is 1. The highest BCUT2D eigenvalue weighted by Gasteiger charge is 2.21. The molecule has 0 aliphatic carbocycles. The van der Waals surface area contributed by atoms with E-state index in [-0.39, 0.29) is 17.4 Å². The summed E-state index contributed by atoms with van der Waals surface area (Å²) in [7, 11) is -3.75. The SMILES string of the molecule is O=C(COc1ccc(S(=O)(=O)Nc2ccc(Cl)cc2)cc1)N1CCN(C/C=C/c2ccccc2)CC1. The van der Waals surface area contributed by atoms with Crippen LogP contribution in [0.1, 0.15) is 5.56 Å². The molecule has 0 aromatic heterocycles. The molecule has 3 aromatic carbocycles. The van der Waals surface area contributed by atoms with Crippen molar-refractivity contribution < 1.29 is 17.9 Å². The van der Waals surface area contributed by atoms with E-state index < -0.39 is 10.0 Å². The van der Waals surface area contributed by atoms with Gasteiger partial charge in [0.1, 0.15) is 5.75 Å². The predicted molar refractivity (Wildman–Crippen MR) is 143 cm³/mol. The van der Waals surface area contributed by atoms with Gasteiger partial charge in [-0.25, -0.2) is 8.42 Å². The Hall–Kier alpha value is -3.33. The highest BCUT2D eigenvalue weighted by Crippen LogP contribution is 2.21. The van der Waals surface area contributed by atoms with Crippen LogP contribution in [0.15, 0.2) is 89.8 Å². The van der Waals surface area contributed by atoms with Crippen molar-refractivity contribution in [1.82, 2.24) is 9.80 Å². The van der Waals surface area contributed by atoms with Gasteiger partial charge in [-0.3, -0.25) is 14.4 Å². The molecular weight excluding hydrogens is 498 g/mol. The lowest BCUT2D eigenvalue weighted by atomic mass is 10.2. The minimum atomic E-state index is -3.75. The summed E-state index contributed by atoms with van der Waals surface area (Å²) >= 11 is 5.84. The Morgan fingerprint density at radius 1 is 0.917 bits per heavy atom. The van der Waals surface area contributed by atoms with Gasteiger partial charge >= 0.3 is 0 Å². The van der Waals surface area contributed by atoms with Crippen molar-refractivity contribution in [3.05, 3.63) is 95.5 Å². The average molecular weight is 526 g/mol. The molecule has 188 valence electrons. The molecule has 9 heteroatoms. The number of halogens is 1. The van der Waals surface area contributed by atoms with E-state index in [1.54, 1.807) is 41.3 Å². The third kappa shape index (κ3) is 7.34. The number of sulfonamides is 1. The Bertz CT molecular complexity index is 1270. The van der Waals surface area contributed by atoms with E-state index in [0.717, 1.165) is 19.6 Å². The van der Waals surface area contributed by atoms with Crippen LogP contribution in [-0.4, -0.2) is 63.5 Å². The third-order valence-corrected chi connectivity index (χ3v) is 7.44. The van der Waals surface area contributed by atoms with Crippen LogP contribution in [-0.2, 0) is 14.8 Å². The van der Waals surface area contributed by atoms with Gasteiger partial charge in [0.05, 0.1) is 4.90 Å². The summed E-state index contributed by atoms with van der Waals surface area (Å²) in [5.74, 6) is 0.342. The molecule has 4 rings (SSSR count). The van der Waals surface area contributed by atoms with Crippen molar-refractivity contribution in [3.63, 3.8) is 0 Å². The zero-order valence-electron chi connectivity index (χ0n) is 19.7. The number of carbonyl (C=O) groups excluding carboxylic acids is 1. The summed E-state index contributed by atoms with van der Waals surface area (Å²) < 4.78 is 33.3. The molecule has 0 bridgehead atoms. The number of anilines is 1. The van der Waals surface area contributed by atoms with E-state index in [0.29, 0.717) is 29.5 Å². The number of nitrogens with zero attached hydrogens (tertiary/aromatic N) is 2. The van der Waals surface area contributed by atoms with Crippen molar-refractivity contribution in [2.24, 2.45) is 0 Å². The maximum Gasteiger partial charge on any atom is 0.261 e. The largest absolute Gasteiger partial charge is 0.484 e. The topological polar surface area (TPSA) is 78.9 Å². The molecule has 1 saturated heterocycles. The van der Waals surface area contributed by atoms with Crippen LogP contribution in [0, 0.1) is 0 Å². The first kappa shape index (κ1) is 25.8. The fourth-order valence-corrected chi connectivity index (χ4v) is 4.95. The van der Waals surface area contributed by atoms with Crippen molar-refractivity contribution in [2.75, 3.05) is 44.1 Å². The number of hydrogen-bond acceptors (Lipinski definition) is 5. The van der Waals surface area contributed by atoms with E-state index in [4.69, 9.17) is 16.3 Å². The molecule has 1 heterocycles. The lowest BCUT2D eigenvalue weighted by molar-refractivity contribution is -0.135. The average Bonchev–Trinajstić information content (AvgIpc) is 2.90. The molecule has 1 amide bonds. The highest BCUT2D eigenvalue weighted by molar-refractivity contribution is 7.92. The van der Waals surface area contributed by atoms with Crippen LogP contribution in [0.4, 0.5) is 5.69 Å². The molecule has 0 spiro atoms. The van der Waals surface area contributed by atoms with Crippen molar-refractivity contribution in [1.29, 1.82) is 0 Å². The lowest BCUT2D eigenvalue weighted by Gasteiger charge is -2.34. The maximum absolute atomic E-state index is 12.6. The van der Waals surface area contributed by atoms with Crippen molar-refractivity contribution in [2.45, 2.75) is 4.90 Å². The number of hydrogen-bond donors (Lipinski definition) is 1. The van der Waals surface area contributed by atoms with E-state index >= 15 is 0 Å². The van der Waals surface area contributed by atoms with Gasteiger partial charge in [0, 0.05) is 43.4 Å². The molecule has 1 fully saturated rings. The van der Waals surface area contributed by atoms with Gasteiger partial charge in [0.2, 0.25) is 0 Å². The zero-order chi connectivity index (χ0) is 25.4. The van der Waals surface area contributed by atoms with Gasteiger partial charge in [-0.15, -0.1) is 0 Å². The second-order valence-corrected chi connectivity index (χ2v) is 10.5. The van der Waals surface area contributed by atoms with Crippen LogP contribution in [0.5, 0.6) is 5.75 Å². The number of nitrogens with one attached hydrogen (secondary N) is 1. The Morgan fingerprint density at radius 3 is 2.25 bits per heavy atom. The van der Waals surface area contributed by atoms with E-state index in [1.807, 2.05) is 18.2 Å². The van der Waals surface area contributed by atoms with Crippen molar-refractivity contribution in [3.8, 4) is 5.75 Å². The van der Waals surface area contributed by atoms with E-state index in [2.05, 4.69) is 33.9 Å². The summed E-state index contributed by atoms with van der Waals surface area (Å²) in [6.07, 6.45) is 4.25. The summed E-state index contributed by atoms with van der Waals surface area (Å²) in [6, 6.07) is 22.5. The maximum atomic E-state index is 12.6. The smallest absolute Gasteiger partial charge is 0.261 e. The second kappa shape index (κ2) is 12.1. The monoisotopic (exact) mass is 525 g/mol. The quantitative estimate of drug-likeness (QED) is 0.448. The molecule has 0 saturated carbocycles. The van der Waals surface area contributed by atoms with E-state index in [9.17, 15) is 13.2 Å². The van der Waals surface area contributed by atoms with Crippen LogP contribution in [0.25, 0.3) is 6.08 Å². The second-order valence-electron chi connectivity index (χ2n) is 8.37. The first-order valence-corrected chi connectivity index (χ1v) is 13.5. The Morgan fingerprint density at radius 2 is 1.58 bits per heavy atom. The first-order chi connectivity index (χ1) is 17.4. The minimum Gasteiger partial charge on any atom is -0.484 e. The molecule has 1 aliphatic rings. The number of benzene rings is 3. The Balaban J connectivity index is 1.21. The molecule has 1 N–H and O–H groups in total. The summed E-state index contributed by atoms with van der Waals surface area (Å²) in [4.78, 5) is 16.8. The van der Waals surface area contributed by atoms with Crippen LogP contribution in [0.3, 0.4) is 0 Å². The predicted octanol–water partition coefficient (Wildman–Crippen LogP) is 4.38. The van der Waals surface area contributed by atoms with Crippen LogP contribution >= 0.6 is 11.6 Å². The molecular formula is C27H28ClN3O4S. The van der Waals surface area contributed by atoms with Gasteiger partial charge in [-0.1, -0.05) is 54.1 Å². The minimum absolute atomic E-state index is 0.0874. The Kier molecular flexibility index (Phi) is 8.64. The highest BCUT2D eigenvalue weighted by atomic mass is 35.5. The molecule has 36 heavy (non-hydrogen) atoms. The first-order valence-electron chi connectivity index (χ1n) is 11.6. The molecule has 0 radical (unpaired) electrons. The Labute approximate surface area is 217 Å². The number of piperazine rings is 1. The zero-order valence-corrected chi connectivity index (χ0v) is 21.3. The van der Waals surface area contributed by atoms with Crippen LogP contribution < -0.4 is 9.46 Å². The molecule has 0 atom stereocenters. The lowest BCUT2D eigenvalue weighted by Crippen LogP contribution is -2.49. The summed E-state index contributed by atoms with van der Waals surface area (Å²) in [5.41, 5.74) is 1.59. The van der Waals surface area contributed by atoms with Gasteiger partial charge in [0.15, 0.2) is 6.61 Å². The normalized spacial score (nSPS) is 14.6. The third-order valence-electron chi connectivity index (χ3n) is 5.79. The molecule has 1 aliphatic heterocycles. The van der Waals surface area contributed by atoms with E-state index in [1.165, 1.54) is 17.7 Å². The molecule has 0 unspecified atom stereocenters. The fourth-order valence-electron chi connectivity index (χ4n) is 3.77. The van der Waals surface area contributed by atoms with Gasteiger partial charge in [-0.05, 0) is 54.1 Å².